The maximum atomic E-state index is 11.7. The number of benzene rings is 1. The lowest BCUT2D eigenvalue weighted by atomic mass is 10.2. The van der Waals surface area contributed by atoms with E-state index >= 15 is 0 Å². The lowest BCUT2D eigenvalue weighted by Crippen LogP contribution is -2.11. The van der Waals surface area contributed by atoms with Crippen LogP contribution in [0.15, 0.2) is 29.2 Å². The average Bonchev–Trinajstić information content (AvgIpc) is 2.19. The molecular formula is C11H17NOS. The van der Waals surface area contributed by atoms with Gasteiger partial charge in [-0.25, -0.2) is 0 Å². The first-order valence-electron chi connectivity index (χ1n) is 4.83. The van der Waals surface area contributed by atoms with E-state index in [-0.39, 0.29) is 0 Å². The molecule has 3 heteroatoms. The number of hydrogen-bond donors (Lipinski definition) is 1. The Bertz CT molecular complexity index is 295. The minimum Gasteiger partial charge on any atom is -0.320 e. The third kappa shape index (κ3) is 3.60. The smallest absolute Gasteiger partial charge is 0.0529 e. The van der Waals surface area contributed by atoms with Crippen molar-refractivity contribution in [3.8, 4) is 0 Å². The summed E-state index contributed by atoms with van der Waals surface area (Å²) < 4.78 is 11.7. The molecular weight excluding hydrogens is 194 g/mol. The molecule has 0 saturated heterocycles. The van der Waals surface area contributed by atoms with E-state index in [1.165, 1.54) is 5.56 Å². The topological polar surface area (TPSA) is 29.1 Å². The van der Waals surface area contributed by atoms with Crippen molar-refractivity contribution in [1.29, 1.82) is 0 Å². The summed E-state index contributed by atoms with van der Waals surface area (Å²) in [5.41, 5.74) is 1.21. The van der Waals surface area contributed by atoms with Crippen LogP contribution in [0.2, 0.25) is 0 Å². The summed E-state index contributed by atoms with van der Waals surface area (Å²) in [4.78, 5) is 0.937. The van der Waals surface area contributed by atoms with E-state index in [4.69, 9.17) is 0 Å². The summed E-state index contributed by atoms with van der Waals surface area (Å²) in [5.74, 6) is 0.740. The van der Waals surface area contributed by atoms with Gasteiger partial charge in [-0.2, -0.15) is 0 Å². The monoisotopic (exact) mass is 211 g/mol. The van der Waals surface area contributed by atoms with Gasteiger partial charge in [-0.1, -0.05) is 17.7 Å². The average molecular weight is 211 g/mol. The maximum absolute atomic E-state index is 11.7. The molecule has 0 aliphatic rings. The van der Waals surface area contributed by atoms with E-state index in [1.54, 1.807) is 0 Å². The maximum Gasteiger partial charge on any atom is 0.0529 e. The van der Waals surface area contributed by atoms with Crippen molar-refractivity contribution in [2.75, 3.05) is 19.3 Å². The Balaban J connectivity index is 2.48. The summed E-state index contributed by atoms with van der Waals surface area (Å²) in [6.45, 7) is 2.96. The fraction of sp³-hybridized carbons (Fsp3) is 0.455. The minimum atomic E-state index is -0.833. The predicted octanol–water partition coefficient (Wildman–Crippen LogP) is 1.71. The van der Waals surface area contributed by atoms with Gasteiger partial charge in [0.05, 0.1) is 10.8 Å². The molecule has 1 aromatic carbocycles. The second-order valence-electron chi connectivity index (χ2n) is 3.32. The Labute approximate surface area is 88.2 Å². The molecule has 0 amide bonds. The highest BCUT2D eigenvalue weighted by Gasteiger charge is 2.01. The zero-order valence-electron chi connectivity index (χ0n) is 8.75. The first kappa shape index (κ1) is 11.4. The van der Waals surface area contributed by atoms with Crippen LogP contribution in [0.3, 0.4) is 0 Å². The highest BCUT2D eigenvalue weighted by molar-refractivity contribution is 7.85. The quantitative estimate of drug-likeness (QED) is 0.751. The van der Waals surface area contributed by atoms with E-state index in [9.17, 15) is 4.21 Å². The Kier molecular flexibility index (Phi) is 4.84. The summed E-state index contributed by atoms with van der Waals surface area (Å²) in [5, 5.41) is 3.05. The normalized spacial score (nSPS) is 12.7. The second-order valence-corrected chi connectivity index (χ2v) is 4.89. The lowest BCUT2D eigenvalue weighted by molar-refractivity contribution is 0.677. The zero-order valence-corrected chi connectivity index (χ0v) is 9.56. The summed E-state index contributed by atoms with van der Waals surface area (Å²) >= 11 is 0. The molecule has 1 rings (SSSR count). The van der Waals surface area contributed by atoms with Gasteiger partial charge in [-0.05, 0) is 39.1 Å². The fourth-order valence-corrected chi connectivity index (χ4v) is 2.27. The van der Waals surface area contributed by atoms with Gasteiger partial charge in [0.1, 0.15) is 0 Å². The van der Waals surface area contributed by atoms with Crippen LogP contribution in [0.4, 0.5) is 0 Å². The van der Waals surface area contributed by atoms with Gasteiger partial charge >= 0.3 is 0 Å². The molecule has 0 fully saturated rings. The van der Waals surface area contributed by atoms with Crippen LogP contribution in [-0.2, 0) is 10.8 Å². The van der Waals surface area contributed by atoms with Gasteiger partial charge in [0, 0.05) is 10.6 Å². The second kappa shape index (κ2) is 5.94. The lowest BCUT2D eigenvalue weighted by Gasteiger charge is -2.02. The van der Waals surface area contributed by atoms with Crippen LogP contribution in [0.25, 0.3) is 0 Å². The van der Waals surface area contributed by atoms with Crippen molar-refractivity contribution in [1.82, 2.24) is 5.32 Å². The van der Waals surface area contributed by atoms with Crippen LogP contribution in [-0.4, -0.2) is 23.6 Å². The Morgan fingerprint density at radius 1 is 1.29 bits per heavy atom. The molecule has 0 aromatic heterocycles. The summed E-state index contributed by atoms with van der Waals surface area (Å²) in [7, 11) is 1.08. The minimum absolute atomic E-state index is 0.740. The molecule has 0 saturated carbocycles. The van der Waals surface area contributed by atoms with Gasteiger partial charge in [0.15, 0.2) is 0 Å². The Morgan fingerprint density at radius 3 is 2.50 bits per heavy atom. The van der Waals surface area contributed by atoms with Gasteiger partial charge in [0.2, 0.25) is 0 Å². The molecule has 0 heterocycles. The van der Waals surface area contributed by atoms with E-state index in [2.05, 4.69) is 5.32 Å². The summed E-state index contributed by atoms with van der Waals surface area (Å²) in [6.07, 6.45) is 0.955. The van der Waals surface area contributed by atoms with Gasteiger partial charge in [0.25, 0.3) is 0 Å². The first-order chi connectivity index (χ1) is 6.74. The van der Waals surface area contributed by atoms with Gasteiger partial charge < -0.3 is 5.32 Å². The number of nitrogens with one attached hydrogen (secondary N) is 1. The third-order valence-corrected chi connectivity index (χ3v) is 3.50. The zero-order chi connectivity index (χ0) is 10.4. The molecule has 0 bridgehead atoms. The Morgan fingerprint density at radius 2 is 1.93 bits per heavy atom. The SMILES string of the molecule is CNCCCS(=O)c1ccc(C)cc1. The molecule has 0 aliphatic heterocycles. The molecule has 0 aliphatic carbocycles. The predicted molar refractivity (Wildman–Crippen MR) is 61.0 cm³/mol. The molecule has 1 unspecified atom stereocenters. The molecule has 1 aromatic rings. The van der Waals surface area contributed by atoms with Crippen molar-refractivity contribution in [3.63, 3.8) is 0 Å². The molecule has 2 nitrogen and oxygen atoms in total. The molecule has 78 valence electrons. The molecule has 1 N–H and O–H groups in total. The largest absolute Gasteiger partial charge is 0.320 e. The Hall–Kier alpha value is -0.670. The van der Waals surface area contributed by atoms with Crippen molar-refractivity contribution in [2.45, 2.75) is 18.2 Å². The fourth-order valence-electron chi connectivity index (χ4n) is 1.19. The standard InChI is InChI=1S/C11H17NOS/c1-10-4-6-11(7-5-10)14(13)9-3-8-12-2/h4-7,12H,3,8-9H2,1-2H3. The first-order valence-corrected chi connectivity index (χ1v) is 6.15. The van der Waals surface area contributed by atoms with Crippen LogP contribution in [0.5, 0.6) is 0 Å². The molecule has 1 atom stereocenters. The molecule has 14 heavy (non-hydrogen) atoms. The molecule has 0 radical (unpaired) electrons. The van der Waals surface area contributed by atoms with E-state index in [0.29, 0.717) is 0 Å². The summed E-state index contributed by atoms with van der Waals surface area (Å²) in [6, 6.07) is 7.91. The molecule has 0 spiro atoms. The van der Waals surface area contributed by atoms with Gasteiger partial charge in [-0.15, -0.1) is 0 Å². The van der Waals surface area contributed by atoms with Crippen molar-refractivity contribution < 1.29 is 4.21 Å². The number of rotatable bonds is 5. The van der Waals surface area contributed by atoms with Crippen molar-refractivity contribution in [2.24, 2.45) is 0 Å². The number of aryl methyl sites for hydroxylation is 1. The van der Waals surface area contributed by atoms with Crippen LogP contribution >= 0.6 is 0 Å². The van der Waals surface area contributed by atoms with Crippen LogP contribution < -0.4 is 5.32 Å². The van der Waals surface area contributed by atoms with Crippen LogP contribution in [0.1, 0.15) is 12.0 Å². The van der Waals surface area contributed by atoms with Gasteiger partial charge in [-0.3, -0.25) is 4.21 Å². The highest BCUT2D eigenvalue weighted by Crippen LogP contribution is 2.08. The van der Waals surface area contributed by atoms with Crippen molar-refractivity contribution >= 4 is 10.8 Å². The van der Waals surface area contributed by atoms with E-state index in [1.807, 2.05) is 38.2 Å². The van der Waals surface area contributed by atoms with E-state index in [0.717, 1.165) is 23.6 Å². The highest BCUT2D eigenvalue weighted by atomic mass is 32.2. The van der Waals surface area contributed by atoms with E-state index < -0.39 is 10.8 Å². The van der Waals surface area contributed by atoms with Crippen molar-refractivity contribution in [3.05, 3.63) is 29.8 Å². The number of hydrogen-bond acceptors (Lipinski definition) is 2. The van der Waals surface area contributed by atoms with Crippen LogP contribution in [0, 0.1) is 6.92 Å². The third-order valence-electron chi connectivity index (χ3n) is 2.04.